The third-order valence-electron chi connectivity index (χ3n) is 3.14. The van der Waals surface area contributed by atoms with Crippen LogP contribution in [-0.4, -0.2) is 25.7 Å². The molecule has 1 rings (SSSR count). The zero-order valence-electron chi connectivity index (χ0n) is 12.9. The van der Waals surface area contributed by atoms with E-state index < -0.39 is 0 Å². The van der Waals surface area contributed by atoms with E-state index in [9.17, 15) is 4.79 Å². The molecule has 0 heterocycles. The van der Waals surface area contributed by atoms with Crippen molar-refractivity contribution in [2.75, 3.05) is 13.7 Å². The number of carbonyl (C=O) groups excluding carboxylic acids is 1. The van der Waals surface area contributed by atoms with Crippen LogP contribution in [0.3, 0.4) is 0 Å². The van der Waals surface area contributed by atoms with Gasteiger partial charge < -0.3 is 14.8 Å². The van der Waals surface area contributed by atoms with E-state index in [0.29, 0.717) is 18.8 Å². The molecule has 1 amide bonds. The maximum atomic E-state index is 12.1. The summed E-state index contributed by atoms with van der Waals surface area (Å²) in [6.45, 7) is 7.26. The van der Waals surface area contributed by atoms with Gasteiger partial charge in [0, 0.05) is 23.8 Å². The molecule has 1 atom stereocenters. The average Bonchev–Trinajstić information content (AvgIpc) is 2.47. The molecule has 1 N–H and O–H groups in total. The maximum Gasteiger partial charge on any atom is 0.251 e. The van der Waals surface area contributed by atoms with Crippen LogP contribution in [0.5, 0.6) is 5.75 Å². The predicted octanol–water partition coefficient (Wildman–Crippen LogP) is 3.15. The molecule has 0 radical (unpaired) electrons. The number of ether oxygens (including phenoxy) is 2. The predicted molar refractivity (Wildman–Crippen MR) is 80.2 cm³/mol. The minimum Gasteiger partial charge on any atom is -0.496 e. The van der Waals surface area contributed by atoms with Crippen LogP contribution in [0.15, 0.2) is 18.2 Å². The van der Waals surface area contributed by atoms with Gasteiger partial charge in [0.15, 0.2) is 0 Å². The number of nitrogens with one attached hydrogen (secondary N) is 1. The van der Waals surface area contributed by atoms with E-state index in [2.05, 4.69) is 12.2 Å². The monoisotopic (exact) mass is 279 g/mol. The first kappa shape index (κ1) is 16.5. The van der Waals surface area contributed by atoms with Crippen molar-refractivity contribution in [3.63, 3.8) is 0 Å². The third-order valence-corrected chi connectivity index (χ3v) is 3.14. The molecule has 1 aromatic carbocycles. The summed E-state index contributed by atoms with van der Waals surface area (Å²) < 4.78 is 10.8. The summed E-state index contributed by atoms with van der Waals surface area (Å²) in [6.07, 6.45) is 1.88. The molecule has 0 spiro atoms. The number of benzene rings is 1. The molecule has 4 nitrogen and oxygen atoms in total. The quantitative estimate of drug-likeness (QED) is 0.744. The first-order chi connectivity index (χ1) is 9.62. The molecule has 1 aromatic rings. The second-order valence-corrected chi connectivity index (χ2v) is 4.86. The smallest absolute Gasteiger partial charge is 0.251 e. The molecular weight excluding hydrogens is 254 g/mol. The summed E-state index contributed by atoms with van der Waals surface area (Å²) in [5, 5.41) is 2.96. The Morgan fingerprint density at radius 1 is 1.35 bits per heavy atom. The number of carbonyl (C=O) groups is 1. The van der Waals surface area contributed by atoms with Crippen LogP contribution in [0, 0.1) is 0 Å². The van der Waals surface area contributed by atoms with Gasteiger partial charge in [0.05, 0.1) is 13.7 Å². The summed E-state index contributed by atoms with van der Waals surface area (Å²) in [5.74, 6) is 0.694. The zero-order chi connectivity index (χ0) is 15.0. The van der Waals surface area contributed by atoms with Gasteiger partial charge in [-0.2, -0.15) is 0 Å². The minimum absolute atomic E-state index is 0.0567. The zero-order valence-corrected chi connectivity index (χ0v) is 12.9. The fourth-order valence-electron chi connectivity index (χ4n) is 1.77. The van der Waals surface area contributed by atoms with Crippen LogP contribution < -0.4 is 10.1 Å². The van der Waals surface area contributed by atoms with Gasteiger partial charge in [0.2, 0.25) is 0 Å². The number of rotatable bonds is 8. The highest BCUT2D eigenvalue weighted by molar-refractivity contribution is 5.94. The van der Waals surface area contributed by atoms with Crippen LogP contribution in [0.4, 0.5) is 0 Å². The SMILES string of the molecule is CCCOCc1cc(C(=O)NC(C)CC)ccc1OC. The normalized spacial score (nSPS) is 12.0. The molecule has 0 aliphatic rings. The van der Waals surface area contributed by atoms with Crippen LogP contribution in [0.2, 0.25) is 0 Å². The third kappa shape index (κ3) is 4.85. The summed E-state index contributed by atoms with van der Waals surface area (Å²) in [5.41, 5.74) is 1.54. The Bertz CT molecular complexity index is 432. The van der Waals surface area contributed by atoms with Crippen molar-refractivity contribution in [2.24, 2.45) is 0 Å². The Labute approximate surface area is 121 Å². The molecule has 0 fully saturated rings. The molecule has 4 heteroatoms. The van der Waals surface area contributed by atoms with Crippen LogP contribution in [0.25, 0.3) is 0 Å². The Morgan fingerprint density at radius 3 is 2.70 bits per heavy atom. The van der Waals surface area contributed by atoms with Gasteiger partial charge in [-0.15, -0.1) is 0 Å². The number of hydrogen-bond acceptors (Lipinski definition) is 3. The Hall–Kier alpha value is -1.55. The van der Waals surface area contributed by atoms with Gasteiger partial charge in [0.25, 0.3) is 5.91 Å². The highest BCUT2D eigenvalue weighted by atomic mass is 16.5. The molecule has 0 aliphatic carbocycles. The molecular formula is C16H25NO3. The summed E-state index contributed by atoms with van der Waals surface area (Å²) >= 11 is 0. The van der Waals surface area contributed by atoms with Gasteiger partial charge in [-0.25, -0.2) is 0 Å². The Morgan fingerprint density at radius 2 is 2.10 bits per heavy atom. The van der Waals surface area contributed by atoms with E-state index in [1.54, 1.807) is 13.2 Å². The molecule has 0 aliphatic heterocycles. The lowest BCUT2D eigenvalue weighted by molar-refractivity contribution is 0.0938. The molecule has 112 valence electrons. The lowest BCUT2D eigenvalue weighted by atomic mass is 10.1. The minimum atomic E-state index is -0.0567. The standard InChI is InChI=1S/C16H25NO3/c1-5-9-20-11-14-10-13(7-8-15(14)19-4)16(18)17-12(3)6-2/h7-8,10,12H,5-6,9,11H2,1-4H3,(H,17,18). The molecule has 0 saturated carbocycles. The van der Waals surface area contributed by atoms with Crippen LogP contribution in [-0.2, 0) is 11.3 Å². The average molecular weight is 279 g/mol. The molecule has 0 bridgehead atoms. The summed E-state index contributed by atoms with van der Waals surface area (Å²) in [6, 6.07) is 5.60. The number of methoxy groups -OCH3 is 1. The summed E-state index contributed by atoms with van der Waals surface area (Å²) in [4.78, 5) is 12.1. The highest BCUT2D eigenvalue weighted by Gasteiger charge is 2.12. The highest BCUT2D eigenvalue weighted by Crippen LogP contribution is 2.21. The van der Waals surface area contributed by atoms with Gasteiger partial charge in [0.1, 0.15) is 5.75 Å². The van der Waals surface area contributed by atoms with Crippen molar-refractivity contribution < 1.29 is 14.3 Å². The fraction of sp³-hybridized carbons (Fsp3) is 0.562. The van der Waals surface area contributed by atoms with Crippen molar-refractivity contribution in [3.05, 3.63) is 29.3 Å². The lowest BCUT2D eigenvalue weighted by Gasteiger charge is -2.14. The van der Waals surface area contributed by atoms with Crippen LogP contribution >= 0.6 is 0 Å². The summed E-state index contributed by atoms with van der Waals surface area (Å²) in [7, 11) is 1.62. The van der Waals surface area contributed by atoms with Crippen molar-refractivity contribution >= 4 is 5.91 Å². The van der Waals surface area contributed by atoms with Gasteiger partial charge in [-0.1, -0.05) is 13.8 Å². The topological polar surface area (TPSA) is 47.6 Å². The maximum absolute atomic E-state index is 12.1. The first-order valence-electron chi connectivity index (χ1n) is 7.17. The van der Waals surface area contributed by atoms with Crippen molar-refractivity contribution in [3.8, 4) is 5.75 Å². The van der Waals surface area contributed by atoms with Gasteiger partial charge >= 0.3 is 0 Å². The van der Waals surface area contributed by atoms with E-state index in [4.69, 9.17) is 9.47 Å². The molecule has 0 saturated heterocycles. The molecule has 20 heavy (non-hydrogen) atoms. The van der Waals surface area contributed by atoms with Gasteiger partial charge in [-0.05, 0) is 38.0 Å². The Balaban J connectivity index is 2.82. The van der Waals surface area contributed by atoms with E-state index >= 15 is 0 Å². The van der Waals surface area contributed by atoms with Crippen molar-refractivity contribution in [1.82, 2.24) is 5.32 Å². The first-order valence-corrected chi connectivity index (χ1v) is 7.17. The van der Waals surface area contributed by atoms with Crippen molar-refractivity contribution in [1.29, 1.82) is 0 Å². The van der Waals surface area contributed by atoms with E-state index in [-0.39, 0.29) is 11.9 Å². The lowest BCUT2D eigenvalue weighted by Crippen LogP contribution is -2.31. The number of amides is 1. The number of hydrogen-bond donors (Lipinski definition) is 1. The van der Waals surface area contributed by atoms with E-state index in [0.717, 1.165) is 24.2 Å². The molecule has 0 aromatic heterocycles. The van der Waals surface area contributed by atoms with Gasteiger partial charge in [-0.3, -0.25) is 4.79 Å². The second-order valence-electron chi connectivity index (χ2n) is 4.86. The van der Waals surface area contributed by atoms with Crippen LogP contribution in [0.1, 0.15) is 49.5 Å². The Kier molecular flexibility index (Phi) is 7.09. The second kappa shape index (κ2) is 8.59. The molecule has 1 unspecified atom stereocenters. The van der Waals surface area contributed by atoms with Crippen molar-refractivity contribution in [2.45, 2.75) is 46.3 Å². The largest absolute Gasteiger partial charge is 0.496 e. The van der Waals surface area contributed by atoms with E-state index in [1.807, 2.05) is 26.0 Å². The fourth-order valence-corrected chi connectivity index (χ4v) is 1.77. The van der Waals surface area contributed by atoms with E-state index in [1.165, 1.54) is 0 Å².